The minimum absolute atomic E-state index is 0.0189. The summed E-state index contributed by atoms with van der Waals surface area (Å²) in [5.41, 5.74) is 3.37. The van der Waals surface area contributed by atoms with Gasteiger partial charge in [-0.25, -0.2) is 4.98 Å². The molecule has 1 saturated heterocycles. The normalized spacial score (nSPS) is 17.5. The van der Waals surface area contributed by atoms with Gasteiger partial charge in [-0.05, 0) is 24.6 Å². The predicted molar refractivity (Wildman–Crippen MR) is 105 cm³/mol. The van der Waals surface area contributed by atoms with Crippen molar-refractivity contribution in [2.45, 2.75) is 13.0 Å². The number of benzene rings is 1. The Labute approximate surface area is 161 Å². The number of carbonyl (C=O) groups is 1. The molecule has 1 fully saturated rings. The van der Waals surface area contributed by atoms with Crippen molar-refractivity contribution < 1.29 is 4.79 Å². The highest BCUT2D eigenvalue weighted by molar-refractivity contribution is 7.09. The fraction of sp³-hybridized carbons (Fsp3) is 0.263. The number of aromatic nitrogens is 2. The van der Waals surface area contributed by atoms with E-state index in [1.54, 1.807) is 11.3 Å². The van der Waals surface area contributed by atoms with Crippen molar-refractivity contribution in [2.75, 3.05) is 19.6 Å². The summed E-state index contributed by atoms with van der Waals surface area (Å²) < 4.78 is 0. The number of hydrogen-bond donors (Lipinski definition) is 2. The van der Waals surface area contributed by atoms with E-state index in [1.165, 1.54) is 0 Å². The van der Waals surface area contributed by atoms with Gasteiger partial charge in [0, 0.05) is 41.8 Å². The van der Waals surface area contributed by atoms with Crippen LogP contribution in [0.5, 0.6) is 0 Å². The Morgan fingerprint density at radius 3 is 3.00 bits per heavy atom. The number of rotatable bonds is 3. The van der Waals surface area contributed by atoms with Gasteiger partial charge in [-0.15, -0.1) is 11.3 Å². The third-order valence-electron chi connectivity index (χ3n) is 4.60. The third kappa shape index (κ3) is 3.28. The lowest BCUT2D eigenvalue weighted by atomic mass is 10.0. The number of nitrogens with one attached hydrogen (secondary N) is 2. The van der Waals surface area contributed by atoms with E-state index in [4.69, 9.17) is 11.6 Å². The molecular weight excluding hydrogens is 368 g/mol. The first-order valence-electron chi connectivity index (χ1n) is 8.50. The first kappa shape index (κ1) is 17.3. The van der Waals surface area contributed by atoms with Gasteiger partial charge in [-0.1, -0.05) is 29.8 Å². The van der Waals surface area contributed by atoms with Gasteiger partial charge in [0.05, 0.1) is 16.7 Å². The quantitative estimate of drug-likeness (QED) is 0.718. The van der Waals surface area contributed by atoms with Crippen LogP contribution < -0.4 is 5.32 Å². The number of carbonyl (C=O) groups excluding carboxylic acids is 1. The van der Waals surface area contributed by atoms with Gasteiger partial charge in [-0.2, -0.15) is 0 Å². The molecule has 0 aliphatic carbocycles. The summed E-state index contributed by atoms with van der Waals surface area (Å²) >= 11 is 7.98. The van der Waals surface area contributed by atoms with Crippen LogP contribution in [0.25, 0.3) is 11.3 Å². The van der Waals surface area contributed by atoms with Crippen LogP contribution in [-0.2, 0) is 0 Å². The zero-order valence-corrected chi connectivity index (χ0v) is 15.9. The molecule has 1 aromatic carbocycles. The van der Waals surface area contributed by atoms with Gasteiger partial charge in [0.15, 0.2) is 0 Å². The molecule has 5 nitrogen and oxygen atoms in total. The molecular formula is C19H19ClN4OS. The number of halogens is 1. The lowest BCUT2D eigenvalue weighted by molar-refractivity contribution is 0.0629. The van der Waals surface area contributed by atoms with E-state index >= 15 is 0 Å². The van der Waals surface area contributed by atoms with E-state index < -0.39 is 0 Å². The van der Waals surface area contributed by atoms with Gasteiger partial charge in [0.2, 0.25) is 0 Å². The van der Waals surface area contributed by atoms with Crippen LogP contribution in [0.3, 0.4) is 0 Å². The second-order valence-corrected chi connectivity index (χ2v) is 7.76. The molecule has 0 radical (unpaired) electrons. The summed E-state index contributed by atoms with van der Waals surface area (Å²) in [6.45, 7) is 4.07. The molecule has 4 rings (SSSR count). The fourth-order valence-electron chi connectivity index (χ4n) is 3.29. The first-order valence-corrected chi connectivity index (χ1v) is 9.76. The van der Waals surface area contributed by atoms with Crippen molar-refractivity contribution in [3.8, 4) is 11.3 Å². The Kier molecular flexibility index (Phi) is 4.80. The average Bonchev–Trinajstić information content (AvgIpc) is 3.31. The van der Waals surface area contributed by atoms with Crippen molar-refractivity contribution in [3.05, 3.63) is 63.2 Å². The van der Waals surface area contributed by atoms with Gasteiger partial charge < -0.3 is 15.2 Å². The van der Waals surface area contributed by atoms with Gasteiger partial charge in [-0.3, -0.25) is 4.79 Å². The Balaban J connectivity index is 1.62. The molecule has 1 atom stereocenters. The lowest BCUT2D eigenvalue weighted by Gasteiger charge is -2.36. The van der Waals surface area contributed by atoms with Crippen LogP contribution in [0, 0.1) is 6.92 Å². The number of piperazine rings is 1. The molecule has 2 aromatic heterocycles. The van der Waals surface area contributed by atoms with E-state index in [9.17, 15) is 4.79 Å². The molecule has 1 aliphatic heterocycles. The maximum Gasteiger partial charge on any atom is 0.270 e. The SMILES string of the molecule is Cc1nc(-c2c[nH]c(C(=O)N3CCNCC3c3ccccc3Cl)c2)cs1. The van der Waals surface area contributed by atoms with Crippen LogP contribution in [0.15, 0.2) is 41.9 Å². The van der Waals surface area contributed by atoms with Crippen LogP contribution in [-0.4, -0.2) is 40.4 Å². The minimum Gasteiger partial charge on any atom is -0.357 e. The summed E-state index contributed by atoms with van der Waals surface area (Å²) in [5, 5.41) is 7.06. The lowest BCUT2D eigenvalue weighted by Crippen LogP contribution is -2.48. The second kappa shape index (κ2) is 7.23. The van der Waals surface area contributed by atoms with Crippen molar-refractivity contribution in [2.24, 2.45) is 0 Å². The minimum atomic E-state index is -0.0850. The van der Waals surface area contributed by atoms with Gasteiger partial charge >= 0.3 is 0 Å². The zero-order chi connectivity index (χ0) is 18.1. The van der Waals surface area contributed by atoms with Gasteiger partial charge in [0.25, 0.3) is 5.91 Å². The maximum absolute atomic E-state index is 13.2. The van der Waals surface area contributed by atoms with E-state index in [-0.39, 0.29) is 11.9 Å². The standard InChI is InChI=1S/C19H19ClN4OS/c1-12-23-17(11-26-12)13-8-16(22-9-13)19(25)24-7-6-21-10-18(24)14-4-2-3-5-15(14)20/h2-5,8-9,11,18,21-22H,6-7,10H2,1H3. The topological polar surface area (TPSA) is 61.0 Å². The van der Waals surface area contributed by atoms with E-state index in [0.29, 0.717) is 23.8 Å². The highest BCUT2D eigenvalue weighted by Gasteiger charge is 2.30. The van der Waals surface area contributed by atoms with Crippen molar-refractivity contribution in [3.63, 3.8) is 0 Å². The first-order chi connectivity index (χ1) is 12.6. The summed E-state index contributed by atoms with van der Waals surface area (Å²) in [5.74, 6) is -0.0189. The zero-order valence-electron chi connectivity index (χ0n) is 14.3. The molecule has 1 unspecified atom stereocenters. The molecule has 1 amide bonds. The fourth-order valence-corrected chi connectivity index (χ4v) is 4.17. The van der Waals surface area contributed by atoms with E-state index in [1.807, 2.05) is 53.7 Å². The molecule has 0 spiro atoms. The summed E-state index contributed by atoms with van der Waals surface area (Å²) in [6, 6.07) is 9.50. The molecule has 0 saturated carbocycles. The third-order valence-corrected chi connectivity index (χ3v) is 5.71. The number of nitrogens with zero attached hydrogens (tertiary/aromatic N) is 2. The number of aryl methyl sites for hydroxylation is 1. The van der Waals surface area contributed by atoms with Crippen LogP contribution in [0.4, 0.5) is 0 Å². The number of H-pyrrole nitrogens is 1. The molecule has 0 bridgehead atoms. The molecule has 3 aromatic rings. The number of hydrogen-bond acceptors (Lipinski definition) is 4. The Morgan fingerprint density at radius 2 is 2.23 bits per heavy atom. The van der Waals surface area contributed by atoms with Crippen LogP contribution in [0.1, 0.15) is 27.1 Å². The summed E-state index contributed by atoms with van der Waals surface area (Å²) in [7, 11) is 0. The summed E-state index contributed by atoms with van der Waals surface area (Å²) in [6.07, 6.45) is 1.84. The molecule has 3 heterocycles. The Hall–Kier alpha value is -2.15. The molecule has 26 heavy (non-hydrogen) atoms. The number of thiazole rings is 1. The predicted octanol–water partition coefficient (Wildman–Crippen LogP) is 3.89. The van der Waals surface area contributed by atoms with Crippen LogP contribution >= 0.6 is 22.9 Å². The van der Waals surface area contributed by atoms with E-state index in [2.05, 4.69) is 15.3 Å². The largest absolute Gasteiger partial charge is 0.357 e. The summed E-state index contributed by atoms with van der Waals surface area (Å²) in [4.78, 5) is 22.6. The number of aromatic amines is 1. The van der Waals surface area contributed by atoms with Gasteiger partial charge in [0.1, 0.15) is 5.69 Å². The highest BCUT2D eigenvalue weighted by Crippen LogP contribution is 2.30. The average molecular weight is 387 g/mol. The molecule has 134 valence electrons. The molecule has 1 aliphatic rings. The molecule has 2 N–H and O–H groups in total. The molecule has 7 heteroatoms. The Morgan fingerprint density at radius 1 is 1.38 bits per heavy atom. The van der Waals surface area contributed by atoms with Crippen LogP contribution in [0.2, 0.25) is 5.02 Å². The smallest absolute Gasteiger partial charge is 0.270 e. The van der Waals surface area contributed by atoms with E-state index in [0.717, 1.165) is 28.4 Å². The second-order valence-electron chi connectivity index (χ2n) is 6.29. The van der Waals surface area contributed by atoms with Crippen molar-refractivity contribution >= 4 is 28.8 Å². The van der Waals surface area contributed by atoms with Crippen molar-refractivity contribution in [1.29, 1.82) is 0 Å². The Bertz CT molecular complexity index is 935. The number of amides is 1. The monoisotopic (exact) mass is 386 g/mol. The van der Waals surface area contributed by atoms with Crippen molar-refractivity contribution in [1.82, 2.24) is 20.2 Å². The maximum atomic E-state index is 13.2. The highest BCUT2D eigenvalue weighted by atomic mass is 35.5.